The van der Waals surface area contributed by atoms with Gasteiger partial charge in [0.1, 0.15) is 22.2 Å². The molecule has 2 aromatic rings. The number of sulfonamides is 1. The zero-order valence-corrected chi connectivity index (χ0v) is 23.9. The van der Waals surface area contributed by atoms with E-state index in [1.165, 1.54) is 25.0 Å². The summed E-state index contributed by atoms with van der Waals surface area (Å²) in [7, 11) is -2.44. The summed E-state index contributed by atoms with van der Waals surface area (Å²) in [6.07, 6.45) is 0.597. The number of para-hydroxylation sites is 1. The van der Waals surface area contributed by atoms with Gasteiger partial charge in [0.15, 0.2) is 0 Å². The molecule has 0 saturated heterocycles. The van der Waals surface area contributed by atoms with Crippen LogP contribution in [0.1, 0.15) is 52.2 Å². The Morgan fingerprint density at radius 2 is 1.79 bits per heavy atom. The predicted molar refractivity (Wildman–Crippen MR) is 147 cm³/mol. The standard InChI is InChI=1S/C26H39N5O6S/c1-18-19(16-27)23(33)31(12-14-37-15-13-32)24(34)22(18)30(7)28-20-10-8-9-11-21(20)38(35,36)29-26(5,6)17-25(2,3)4/h8-11,28-29,32-33H,12-15,17H2,1-7H3. The number of pyridine rings is 1. The minimum atomic E-state index is -3.97. The van der Waals surface area contributed by atoms with Gasteiger partial charge in [0.25, 0.3) is 5.56 Å². The molecule has 210 valence electrons. The maximum atomic E-state index is 13.4. The van der Waals surface area contributed by atoms with Gasteiger partial charge in [-0.2, -0.15) is 5.26 Å². The summed E-state index contributed by atoms with van der Waals surface area (Å²) in [6.45, 7) is 11.1. The summed E-state index contributed by atoms with van der Waals surface area (Å²) in [5, 5.41) is 30.4. The third kappa shape index (κ3) is 7.70. The molecule has 0 amide bonds. The Hall–Kier alpha value is -3.11. The van der Waals surface area contributed by atoms with Crippen LogP contribution < -0.4 is 20.7 Å². The lowest BCUT2D eigenvalue weighted by molar-refractivity contribution is 0.0854. The molecule has 1 aromatic carbocycles. The highest BCUT2D eigenvalue weighted by atomic mass is 32.2. The Balaban J connectivity index is 2.48. The molecule has 0 radical (unpaired) electrons. The van der Waals surface area contributed by atoms with Crippen LogP contribution in [0.5, 0.6) is 5.88 Å². The number of benzene rings is 1. The lowest BCUT2D eigenvalue weighted by Gasteiger charge is -2.33. The molecule has 11 nitrogen and oxygen atoms in total. The summed E-state index contributed by atoms with van der Waals surface area (Å²) < 4.78 is 35.9. The van der Waals surface area contributed by atoms with Crippen molar-refractivity contribution in [3.05, 3.63) is 45.7 Å². The van der Waals surface area contributed by atoms with Gasteiger partial charge >= 0.3 is 0 Å². The van der Waals surface area contributed by atoms with Crippen LogP contribution in [0.2, 0.25) is 0 Å². The number of nitrogens with one attached hydrogen (secondary N) is 2. The van der Waals surface area contributed by atoms with Crippen molar-refractivity contribution in [1.82, 2.24) is 9.29 Å². The Morgan fingerprint density at radius 3 is 2.37 bits per heavy atom. The molecule has 0 bridgehead atoms. The van der Waals surface area contributed by atoms with Gasteiger partial charge in [-0.1, -0.05) is 32.9 Å². The highest BCUT2D eigenvalue weighted by Gasteiger charge is 2.32. The number of anilines is 2. The van der Waals surface area contributed by atoms with Crippen molar-refractivity contribution < 1.29 is 23.4 Å². The van der Waals surface area contributed by atoms with Crippen molar-refractivity contribution in [2.45, 2.75) is 64.9 Å². The molecule has 2 rings (SSSR count). The van der Waals surface area contributed by atoms with Crippen molar-refractivity contribution >= 4 is 21.4 Å². The summed E-state index contributed by atoms with van der Waals surface area (Å²) in [5.41, 5.74) is 1.93. The smallest absolute Gasteiger partial charge is 0.279 e. The molecule has 0 atom stereocenters. The average molecular weight is 550 g/mol. The Labute approximate surface area is 224 Å². The van der Waals surface area contributed by atoms with E-state index in [4.69, 9.17) is 9.84 Å². The molecular formula is C26H39N5O6S. The Bertz CT molecular complexity index is 1340. The number of hydrazine groups is 1. The molecular weight excluding hydrogens is 510 g/mol. The molecule has 0 spiro atoms. The second-order valence-electron chi connectivity index (χ2n) is 11.0. The fourth-order valence-electron chi connectivity index (χ4n) is 4.67. The number of hydrogen-bond donors (Lipinski definition) is 4. The number of aromatic hydroxyl groups is 1. The van der Waals surface area contributed by atoms with Crippen molar-refractivity contribution in [3.8, 4) is 11.9 Å². The Kier molecular flexibility index (Phi) is 9.96. The third-order valence-corrected chi connectivity index (χ3v) is 7.40. The molecule has 0 aliphatic heterocycles. The maximum Gasteiger partial charge on any atom is 0.279 e. The molecule has 1 aromatic heterocycles. The van der Waals surface area contributed by atoms with E-state index in [-0.39, 0.29) is 59.2 Å². The molecule has 0 saturated carbocycles. The van der Waals surface area contributed by atoms with Gasteiger partial charge in [-0.15, -0.1) is 0 Å². The molecule has 1 heterocycles. The minimum absolute atomic E-state index is 0.0106. The van der Waals surface area contributed by atoms with E-state index < -0.39 is 27.0 Å². The van der Waals surface area contributed by atoms with Gasteiger partial charge in [0, 0.05) is 18.2 Å². The summed E-state index contributed by atoms with van der Waals surface area (Å²) in [5.74, 6) is -0.493. The van der Waals surface area contributed by atoms with E-state index in [1.54, 1.807) is 18.2 Å². The van der Waals surface area contributed by atoms with E-state index >= 15 is 0 Å². The normalized spacial score (nSPS) is 12.3. The van der Waals surface area contributed by atoms with Gasteiger partial charge in [0.05, 0.1) is 32.1 Å². The highest BCUT2D eigenvalue weighted by Crippen LogP contribution is 2.31. The summed E-state index contributed by atoms with van der Waals surface area (Å²) in [6, 6.07) is 8.23. The average Bonchev–Trinajstić information content (AvgIpc) is 2.76. The zero-order chi connectivity index (χ0) is 28.9. The quantitative estimate of drug-likeness (QED) is 0.231. The zero-order valence-electron chi connectivity index (χ0n) is 23.1. The monoisotopic (exact) mass is 549 g/mol. The van der Waals surface area contributed by atoms with Gasteiger partial charge in [-0.05, 0) is 44.7 Å². The fourth-order valence-corrected chi connectivity index (χ4v) is 6.25. The maximum absolute atomic E-state index is 13.4. The van der Waals surface area contributed by atoms with Crippen LogP contribution in [0.15, 0.2) is 34.0 Å². The van der Waals surface area contributed by atoms with Crippen LogP contribution in [0.3, 0.4) is 0 Å². The minimum Gasteiger partial charge on any atom is -0.493 e. The third-order valence-electron chi connectivity index (χ3n) is 5.65. The van der Waals surface area contributed by atoms with Crippen molar-refractivity contribution in [1.29, 1.82) is 5.26 Å². The van der Waals surface area contributed by atoms with Crippen LogP contribution in [-0.4, -0.2) is 55.6 Å². The first-order valence-electron chi connectivity index (χ1n) is 12.2. The van der Waals surface area contributed by atoms with Crippen LogP contribution in [0.4, 0.5) is 11.4 Å². The molecule has 0 aliphatic carbocycles. The van der Waals surface area contributed by atoms with Crippen molar-refractivity contribution in [2.75, 3.05) is 37.3 Å². The fraction of sp³-hybridized carbons (Fsp3) is 0.538. The molecule has 12 heteroatoms. The molecule has 4 N–H and O–H groups in total. The number of nitrogens with zero attached hydrogens (tertiary/aromatic N) is 3. The number of aromatic nitrogens is 1. The topological polar surface area (TPSA) is 157 Å². The molecule has 0 fully saturated rings. The first-order valence-corrected chi connectivity index (χ1v) is 13.7. The van der Waals surface area contributed by atoms with E-state index in [0.29, 0.717) is 6.42 Å². The number of ether oxygens (including phenoxy) is 1. The molecule has 0 unspecified atom stereocenters. The van der Waals surface area contributed by atoms with Crippen molar-refractivity contribution in [2.24, 2.45) is 5.41 Å². The second-order valence-corrected chi connectivity index (χ2v) is 12.6. The highest BCUT2D eigenvalue weighted by molar-refractivity contribution is 7.89. The van der Waals surface area contributed by atoms with E-state index in [9.17, 15) is 23.6 Å². The van der Waals surface area contributed by atoms with Crippen LogP contribution in [0, 0.1) is 23.7 Å². The van der Waals surface area contributed by atoms with Gasteiger partial charge < -0.3 is 14.9 Å². The molecule has 38 heavy (non-hydrogen) atoms. The Morgan fingerprint density at radius 1 is 1.16 bits per heavy atom. The number of rotatable bonds is 12. The lowest BCUT2D eigenvalue weighted by atomic mass is 9.82. The first-order chi connectivity index (χ1) is 17.5. The van der Waals surface area contributed by atoms with E-state index in [0.717, 1.165) is 4.57 Å². The summed E-state index contributed by atoms with van der Waals surface area (Å²) in [4.78, 5) is 13.3. The number of nitriles is 1. The van der Waals surface area contributed by atoms with E-state index in [2.05, 4.69) is 10.1 Å². The van der Waals surface area contributed by atoms with Crippen LogP contribution in [-0.2, 0) is 21.3 Å². The van der Waals surface area contributed by atoms with E-state index in [1.807, 2.05) is 40.7 Å². The second kappa shape index (κ2) is 12.2. The van der Waals surface area contributed by atoms with Crippen LogP contribution in [0.25, 0.3) is 0 Å². The number of hydrogen-bond acceptors (Lipinski definition) is 9. The first kappa shape index (κ1) is 31.1. The van der Waals surface area contributed by atoms with Crippen molar-refractivity contribution in [3.63, 3.8) is 0 Å². The van der Waals surface area contributed by atoms with Crippen LogP contribution >= 0.6 is 0 Å². The lowest BCUT2D eigenvalue weighted by Crippen LogP contribution is -2.46. The largest absolute Gasteiger partial charge is 0.493 e. The van der Waals surface area contributed by atoms with Gasteiger partial charge in [0.2, 0.25) is 15.9 Å². The van der Waals surface area contributed by atoms with Gasteiger partial charge in [-0.3, -0.25) is 19.8 Å². The predicted octanol–water partition coefficient (Wildman–Crippen LogP) is 2.70. The van der Waals surface area contributed by atoms with Gasteiger partial charge in [-0.25, -0.2) is 13.1 Å². The molecule has 0 aliphatic rings. The number of aliphatic hydroxyl groups is 1. The number of aliphatic hydroxyl groups excluding tert-OH is 1. The summed E-state index contributed by atoms with van der Waals surface area (Å²) >= 11 is 0. The SMILES string of the molecule is Cc1c(C#N)c(O)n(CCOCCO)c(=O)c1N(C)Nc1ccccc1S(=O)(=O)NC(C)(C)CC(C)(C)C.